The van der Waals surface area contributed by atoms with Gasteiger partial charge in [0.25, 0.3) is 11.6 Å². The van der Waals surface area contributed by atoms with Crippen molar-refractivity contribution in [3.63, 3.8) is 0 Å². The van der Waals surface area contributed by atoms with Crippen LogP contribution in [-0.2, 0) is 4.79 Å². The molecule has 25 heavy (non-hydrogen) atoms. The third-order valence-corrected chi connectivity index (χ3v) is 3.59. The maximum atomic E-state index is 12.4. The van der Waals surface area contributed by atoms with Crippen molar-refractivity contribution in [2.45, 2.75) is 20.8 Å². The van der Waals surface area contributed by atoms with E-state index in [1.54, 1.807) is 45.0 Å². The zero-order chi connectivity index (χ0) is 18.6. The van der Waals surface area contributed by atoms with Crippen LogP contribution < -0.4 is 10.6 Å². The molecule has 0 unspecified atom stereocenters. The summed E-state index contributed by atoms with van der Waals surface area (Å²) in [5.74, 6) is -0.665. The lowest BCUT2D eigenvalue weighted by atomic mass is 10.1. The Kier molecular flexibility index (Phi) is 5.49. The lowest BCUT2D eigenvalue weighted by molar-refractivity contribution is -0.384. The van der Waals surface area contributed by atoms with Gasteiger partial charge >= 0.3 is 0 Å². The van der Waals surface area contributed by atoms with E-state index < -0.39 is 4.92 Å². The molecule has 0 bridgehead atoms. The first-order valence-corrected chi connectivity index (χ1v) is 7.75. The first kappa shape index (κ1) is 18.1. The van der Waals surface area contributed by atoms with Crippen molar-refractivity contribution in [3.05, 3.63) is 63.7 Å². The highest BCUT2D eigenvalue weighted by atomic mass is 16.6. The molecule has 0 heterocycles. The molecule has 0 aliphatic carbocycles. The average molecular weight is 341 g/mol. The van der Waals surface area contributed by atoms with E-state index in [2.05, 4.69) is 10.6 Å². The maximum absolute atomic E-state index is 12.4. The first-order chi connectivity index (χ1) is 11.8. The van der Waals surface area contributed by atoms with Crippen LogP contribution in [0.15, 0.2) is 42.5 Å². The summed E-state index contributed by atoms with van der Waals surface area (Å²) >= 11 is 0. The van der Waals surface area contributed by atoms with Gasteiger partial charge in [-0.25, -0.2) is 0 Å². The van der Waals surface area contributed by atoms with Crippen LogP contribution in [0.25, 0.3) is 0 Å². The van der Waals surface area contributed by atoms with E-state index in [4.69, 9.17) is 0 Å². The molecule has 7 heteroatoms. The molecule has 2 rings (SSSR count). The summed E-state index contributed by atoms with van der Waals surface area (Å²) in [5, 5.41) is 16.2. The first-order valence-electron chi connectivity index (χ1n) is 7.75. The maximum Gasteiger partial charge on any atom is 0.269 e. The van der Waals surface area contributed by atoms with Crippen LogP contribution in [0.1, 0.15) is 29.8 Å². The number of rotatable bonds is 5. The number of nitro benzene ring substituents is 1. The Morgan fingerprint density at radius 1 is 1.08 bits per heavy atom. The molecule has 2 amide bonds. The normalized spacial score (nSPS) is 10.4. The van der Waals surface area contributed by atoms with E-state index in [-0.39, 0.29) is 23.4 Å². The van der Waals surface area contributed by atoms with E-state index in [9.17, 15) is 19.7 Å². The molecule has 0 fully saturated rings. The molecule has 0 spiro atoms. The van der Waals surface area contributed by atoms with Crippen molar-refractivity contribution in [2.75, 3.05) is 10.6 Å². The van der Waals surface area contributed by atoms with Crippen LogP contribution in [0.2, 0.25) is 0 Å². The largest absolute Gasteiger partial charge is 0.326 e. The highest BCUT2D eigenvalue weighted by Crippen LogP contribution is 2.22. The van der Waals surface area contributed by atoms with Gasteiger partial charge in [-0.3, -0.25) is 19.7 Å². The average Bonchev–Trinajstić information content (AvgIpc) is 2.56. The van der Waals surface area contributed by atoms with Gasteiger partial charge in [0.05, 0.1) is 4.92 Å². The van der Waals surface area contributed by atoms with Gasteiger partial charge in [0, 0.05) is 35.0 Å². The topological polar surface area (TPSA) is 101 Å². The van der Waals surface area contributed by atoms with Gasteiger partial charge in [-0.05, 0) is 36.8 Å². The van der Waals surface area contributed by atoms with E-state index >= 15 is 0 Å². The van der Waals surface area contributed by atoms with Crippen LogP contribution in [0.5, 0.6) is 0 Å². The lowest BCUT2D eigenvalue weighted by Gasteiger charge is -2.11. The molecule has 2 aromatic rings. The number of hydrogen-bond acceptors (Lipinski definition) is 4. The molecular weight excluding hydrogens is 322 g/mol. The van der Waals surface area contributed by atoms with Crippen molar-refractivity contribution in [1.29, 1.82) is 0 Å². The number of aryl methyl sites for hydroxylation is 1. The van der Waals surface area contributed by atoms with Crippen LogP contribution in [0.3, 0.4) is 0 Å². The number of nitrogens with zero attached hydrogens (tertiary/aromatic N) is 1. The highest BCUT2D eigenvalue weighted by Gasteiger charge is 2.13. The molecule has 0 aromatic heterocycles. The minimum Gasteiger partial charge on any atom is -0.326 e. The SMILES string of the molecule is Cc1cc([N+](=O)[O-])ccc1NC(=O)c1cccc(NC(=O)C(C)C)c1. The second-order valence-electron chi connectivity index (χ2n) is 5.94. The molecule has 0 saturated heterocycles. The smallest absolute Gasteiger partial charge is 0.269 e. The fourth-order valence-electron chi connectivity index (χ4n) is 2.12. The fourth-order valence-corrected chi connectivity index (χ4v) is 2.12. The molecule has 2 N–H and O–H groups in total. The summed E-state index contributed by atoms with van der Waals surface area (Å²) in [6.45, 7) is 5.24. The number of non-ortho nitro benzene ring substituents is 1. The third-order valence-electron chi connectivity index (χ3n) is 3.59. The number of nitro groups is 1. The van der Waals surface area contributed by atoms with Crippen molar-refractivity contribution in [1.82, 2.24) is 0 Å². The minimum absolute atomic E-state index is 0.0334. The number of nitrogens with one attached hydrogen (secondary N) is 2. The molecule has 0 atom stereocenters. The molecule has 7 nitrogen and oxygen atoms in total. The van der Waals surface area contributed by atoms with Crippen molar-refractivity contribution in [3.8, 4) is 0 Å². The molecule has 2 aromatic carbocycles. The molecule has 0 saturated carbocycles. The van der Waals surface area contributed by atoms with Gasteiger partial charge in [-0.15, -0.1) is 0 Å². The summed E-state index contributed by atoms with van der Waals surface area (Å²) in [6, 6.07) is 10.8. The molecule has 0 aliphatic heterocycles. The number of anilines is 2. The molecule has 130 valence electrons. The lowest BCUT2D eigenvalue weighted by Crippen LogP contribution is -2.18. The molecule has 0 aliphatic rings. The Hall–Kier alpha value is -3.22. The fraction of sp³-hybridized carbons (Fsp3) is 0.222. The summed E-state index contributed by atoms with van der Waals surface area (Å²) < 4.78 is 0. The number of amides is 2. The van der Waals surface area contributed by atoms with E-state index in [1.165, 1.54) is 18.2 Å². The molecular formula is C18H19N3O4. The van der Waals surface area contributed by atoms with Crippen molar-refractivity contribution < 1.29 is 14.5 Å². The summed E-state index contributed by atoms with van der Waals surface area (Å²) in [6.07, 6.45) is 0. The van der Waals surface area contributed by atoms with Gasteiger partial charge in [0.1, 0.15) is 0 Å². The Labute approximate surface area is 145 Å². The highest BCUT2D eigenvalue weighted by molar-refractivity contribution is 6.05. The number of benzene rings is 2. The number of carbonyl (C=O) groups is 2. The predicted molar refractivity (Wildman–Crippen MR) is 95.7 cm³/mol. The van der Waals surface area contributed by atoms with Crippen molar-refractivity contribution in [2.24, 2.45) is 5.92 Å². The standard InChI is InChI=1S/C18H19N3O4/c1-11(2)17(22)19-14-6-4-5-13(10-14)18(23)20-16-8-7-15(21(24)25)9-12(16)3/h4-11H,1-3H3,(H,19,22)(H,20,23). The Morgan fingerprint density at radius 2 is 1.80 bits per heavy atom. The second kappa shape index (κ2) is 7.57. The van der Waals surface area contributed by atoms with Crippen LogP contribution >= 0.6 is 0 Å². The zero-order valence-electron chi connectivity index (χ0n) is 14.2. The monoisotopic (exact) mass is 341 g/mol. The second-order valence-corrected chi connectivity index (χ2v) is 5.94. The van der Waals surface area contributed by atoms with Gasteiger partial charge in [0.15, 0.2) is 0 Å². The van der Waals surface area contributed by atoms with Crippen LogP contribution in [-0.4, -0.2) is 16.7 Å². The van der Waals surface area contributed by atoms with Gasteiger partial charge in [-0.1, -0.05) is 19.9 Å². The predicted octanol–water partition coefficient (Wildman–Crippen LogP) is 3.75. The summed E-state index contributed by atoms with van der Waals surface area (Å²) in [7, 11) is 0. The van der Waals surface area contributed by atoms with E-state index in [0.29, 0.717) is 22.5 Å². The van der Waals surface area contributed by atoms with E-state index in [0.717, 1.165) is 0 Å². The van der Waals surface area contributed by atoms with Crippen LogP contribution in [0.4, 0.5) is 17.1 Å². The van der Waals surface area contributed by atoms with E-state index in [1.807, 2.05) is 0 Å². The third kappa shape index (κ3) is 4.63. The van der Waals surface area contributed by atoms with Gasteiger partial charge in [-0.2, -0.15) is 0 Å². The number of hydrogen-bond donors (Lipinski definition) is 2. The summed E-state index contributed by atoms with van der Waals surface area (Å²) in [4.78, 5) is 34.4. The Morgan fingerprint density at radius 3 is 2.40 bits per heavy atom. The summed E-state index contributed by atoms with van der Waals surface area (Å²) in [5.41, 5.74) is 1.96. The Balaban J connectivity index is 2.16. The van der Waals surface area contributed by atoms with Crippen molar-refractivity contribution >= 4 is 28.9 Å². The van der Waals surface area contributed by atoms with Gasteiger partial charge < -0.3 is 10.6 Å². The molecule has 0 radical (unpaired) electrons. The zero-order valence-corrected chi connectivity index (χ0v) is 14.2. The number of carbonyl (C=O) groups excluding carboxylic acids is 2. The Bertz CT molecular complexity index is 831. The van der Waals surface area contributed by atoms with Crippen LogP contribution in [0, 0.1) is 23.0 Å². The quantitative estimate of drug-likeness (QED) is 0.638. The minimum atomic E-state index is -0.487. The van der Waals surface area contributed by atoms with Gasteiger partial charge in [0.2, 0.25) is 5.91 Å².